The molecule has 0 radical (unpaired) electrons. The largest absolute Gasteiger partial charge is 0.356 e. The van der Waals surface area contributed by atoms with Gasteiger partial charge in [-0.1, -0.05) is 54.6 Å². The molecule has 1 N–H and O–H groups in total. The second-order valence-electron chi connectivity index (χ2n) is 9.16. The number of H-pyrrole nitrogens is 1. The van der Waals surface area contributed by atoms with Gasteiger partial charge in [-0.3, -0.25) is 9.59 Å². The van der Waals surface area contributed by atoms with Crippen LogP contribution in [-0.2, 0) is 22.6 Å². The van der Waals surface area contributed by atoms with E-state index in [0.29, 0.717) is 6.42 Å². The number of rotatable bonds is 3. The molecular weight excluding hydrogens is 429 g/mol. The van der Waals surface area contributed by atoms with E-state index >= 15 is 0 Å². The minimum absolute atomic E-state index is 0.00462. The summed E-state index contributed by atoms with van der Waals surface area (Å²) in [5.74, 6) is -0.473. The molecule has 6 rings (SSSR count). The number of aromatic amines is 1. The van der Waals surface area contributed by atoms with Gasteiger partial charge in [-0.2, -0.15) is 0 Å². The molecule has 6 heteroatoms. The summed E-state index contributed by atoms with van der Waals surface area (Å²) in [5.41, 5.74) is 5.98. The topological polar surface area (TPSA) is 56.4 Å². The van der Waals surface area contributed by atoms with E-state index in [4.69, 9.17) is 0 Å². The number of benzene rings is 3. The Hall–Kier alpha value is -3.93. The number of aryl methyl sites for hydroxylation is 1. The smallest absolute Gasteiger partial charge is 0.246 e. The number of carbonyl (C=O) groups is 2. The molecule has 0 aliphatic carbocycles. The Kier molecular flexibility index (Phi) is 4.76. The van der Waals surface area contributed by atoms with Crippen molar-refractivity contribution >= 4 is 22.7 Å². The number of hydrogen-bond acceptors (Lipinski definition) is 2. The molecular formula is C28H24FN3O2. The Labute approximate surface area is 196 Å². The number of halogens is 1. The molecule has 3 heterocycles. The van der Waals surface area contributed by atoms with E-state index in [9.17, 15) is 14.0 Å². The number of nitrogens with zero attached hydrogens (tertiary/aromatic N) is 2. The Morgan fingerprint density at radius 2 is 1.71 bits per heavy atom. The van der Waals surface area contributed by atoms with Crippen LogP contribution in [0.3, 0.4) is 0 Å². The summed E-state index contributed by atoms with van der Waals surface area (Å²) >= 11 is 0. The van der Waals surface area contributed by atoms with Crippen LogP contribution in [0.2, 0.25) is 0 Å². The van der Waals surface area contributed by atoms with Crippen molar-refractivity contribution in [1.82, 2.24) is 14.8 Å². The van der Waals surface area contributed by atoms with E-state index < -0.39 is 6.04 Å². The minimum Gasteiger partial charge on any atom is -0.356 e. The Balaban J connectivity index is 1.46. The number of hydrogen-bond donors (Lipinski definition) is 1. The summed E-state index contributed by atoms with van der Waals surface area (Å²) in [5, 5.41) is 1.09. The van der Waals surface area contributed by atoms with Crippen LogP contribution in [0.15, 0.2) is 72.8 Å². The second-order valence-corrected chi connectivity index (χ2v) is 9.16. The van der Waals surface area contributed by atoms with Gasteiger partial charge in [-0.25, -0.2) is 4.39 Å². The van der Waals surface area contributed by atoms with Crippen molar-refractivity contribution in [2.45, 2.75) is 32.0 Å². The highest BCUT2D eigenvalue weighted by atomic mass is 19.1. The third kappa shape index (κ3) is 3.21. The quantitative estimate of drug-likeness (QED) is 0.497. The number of fused-ring (bicyclic) bond motifs is 4. The summed E-state index contributed by atoms with van der Waals surface area (Å²) in [6, 6.07) is 21.3. The van der Waals surface area contributed by atoms with E-state index in [0.717, 1.165) is 38.9 Å². The van der Waals surface area contributed by atoms with Crippen LogP contribution in [0.4, 0.5) is 4.39 Å². The number of piperazine rings is 1. The number of para-hydroxylation sites is 1. The van der Waals surface area contributed by atoms with Crippen LogP contribution in [-0.4, -0.2) is 39.2 Å². The van der Waals surface area contributed by atoms with Gasteiger partial charge in [0.05, 0.1) is 6.04 Å². The Morgan fingerprint density at radius 3 is 2.50 bits per heavy atom. The summed E-state index contributed by atoms with van der Waals surface area (Å²) < 4.78 is 13.4. The molecule has 2 aliphatic rings. The Morgan fingerprint density at radius 1 is 0.971 bits per heavy atom. The van der Waals surface area contributed by atoms with Gasteiger partial charge < -0.3 is 14.8 Å². The molecule has 2 unspecified atom stereocenters. The maximum atomic E-state index is 13.8. The summed E-state index contributed by atoms with van der Waals surface area (Å²) in [6.45, 7) is 2.33. The van der Waals surface area contributed by atoms with Crippen LogP contribution in [0.5, 0.6) is 0 Å². The molecule has 2 atom stereocenters. The predicted octanol–water partition coefficient (Wildman–Crippen LogP) is 4.50. The van der Waals surface area contributed by atoms with E-state index in [1.165, 1.54) is 12.1 Å². The van der Waals surface area contributed by atoms with Crippen molar-refractivity contribution in [3.05, 3.63) is 107 Å². The lowest BCUT2D eigenvalue weighted by atomic mass is 9.85. The molecule has 3 aromatic carbocycles. The SMILES string of the molecule is Cc1ccccc1C1c2[nH]c3ccccc3c2CC2C(=O)N(Cc3ccc(F)cc3)CC(=O)N21. The van der Waals surface area contributed by atoms with Crippen LogP contribution in [0.1, 0.15) is 34.0 Å². The van der Waals surface area contributed by atoms with Crippen molar-refractivity contribution in [1.29, 1.82) is 0 Å². The minimum atomic E-state index is -0.585. The normalized spacial score (nSPS) is 19.9. The van der Waals surface area contributed by atoms with Gasteiger partial charge in [-0.05, 0) is 47.4 Å². The molecule has 0 spiro atoms. The molecule has 0 saturated carbocycles. The Bertz CT molecular complexity index is 1430. The number of amides is 2. The van der Waals surface area contributed by atoms with Crippen LogP contribution < -0.4 is 0 Å². The highest BCUT2D eigenvalue weighted by molar-refractivity contribution is 5.97. The molecule has 1 fully saturated rings. The van der Waals surface area contributed by atoms with E-state index in [2.05, 4.69) is 11.1 Å². The molecule has 34 heavy (non-hydrogen) atoms. The van der Waals surface area contributed by atoms with Gasteiger partial charge in [0.15, 0.2) is 0 Å². The fraction of sp³-hybridized carbons (Fsp3) is 0.214. The third-order valence-electron chi connectivity index (χ3n) is 7.11. The first-order chi connectivity index (χ1) is 16.5. The van der Waals surface area contributed by atoms with Crippen molar-refractivity contribution in [2.24, 2.45) is 0 Å². The molecule has 2 amide bonds. The molecule has 4 aromatic rings. The van der Waals surface area contributed by atoms with Crippen molar-refractivity contribution in [3.63, 3.8) is 0 Å². The average Bonchev–Trinajstić information content (AvgIpc) is 3.21. The first kappa shape index (κ1) is 20.7. The highest BCUT2D eigenvalue weighted by Gasteiger charge is 2.48. The van der Waals surface area contributed by atoms with E-state index in [-0.39, 0.29) is 36.8 Å². The lowest BCUT2D eigenvalue weighted by molar-refractivity contribution is -0.159. The standard InChI is InChI=1S/C28H24FN3O2/c1-17-6-2-3-7-20(17)27-26-22(21-8-4-5-9-23(21)30-26)14-24-28(34)31(16-25(33)32(24)27)15-18-10-12-19(29)13-11-18/h2-13,24,27,30H,14-16H2,1H3. The first-order valence-corrected chi connectivity index (χ1v) is 11.5. The average molecular weight is 454 g/mol. The van der Waals surface area contributed by atoms with Gasteiger partial charge in [0.2, 0.25) is 11.8 Å². The third-order valence-corrected chi connectivity index (χ3v) is 7.11. The number of nitrogens with one attached hydrogen (secondary N) is 1. The zero-order valence-corrected chi connectivity index (χ0v) is 18.8. The number of aromatic nitrogens is 1. The monoisotopic (exact) mass is 453 g/mol. The maximum absolute atomic E-state index is 13.8. The van der Waals surface area contributed by atoms with Crippen LogP contribution in [0.25, 0.3) is 10.9 Å². The second kappa shape index (κ2) is 7.83. The molecule has 5 nitrogen and oxygen atoms in total. The van der Waals surface area contributed by atoms with Gasteiger partial charge in [0.25, 0.3) is 0 Å². The lowest BCUT2D eigenvalue weighted by Gasteiger charge is -2.47. The summed E-state index contributed by atoms with van der Waals surface area (Å²) in [7, 11) is 0. The zero-order chi connectivity index (χ0) is 23.4. The molecule has 0 bridgehead atoms. The van der Waals surface area contributed by atoms with Gasteiger partial charge in [-0.15, -0.1) is 0 Å². The van der Waals surface area contributed by atoms with Crippen molar-refractivity contribution in [2.75, 3.05) is 6.54 Å². The highest BCUT2D eigenvalue weighted by Crippen LogP contribution is 2.43. The fourth-order valence-corrected chi connectivity index (χ4v) is 5.49. The van der Waals surface area contributed by atoms with Gasteiger partial charge in [0, 0.05) is 29.6 Å². The van der Waals surface area contributed by atoms with E-state index in [1.807, 2.05) is 49.4 Å². The molecule has 1 aromatic heterocycles. The molecule has 170 valence electrons. The fourth-order valence-electron chi connectivity index (χ4n) is 5.49. The van der Waals surface area contributed by atoms with Gasteiger partial charge >= 0.3 is 0 Å². The van der Waals surface area contributed by atoms with Crippen LogP contribution in [0, 0.1) is 12.7 Å². The van der Waals surface area contributed by atoms with E-state index in [1.54, 1.807) is 21.9 Å². The lowest BCUT2D eigenvalue weighted by Crippen LogP contribution is -2.62. The molecule has 1 saturated heterocycles. The van der Waals surface area contributed by atoms with Crippen molar-refractivity contribution in [3.8, 4) is 0 Å². The summed E-state index contributed by atoms with van der Waals surface area (Å²) in [4.78, 5) is 34.3. The van der Waals surface area contributed by atoms with Gasteiger partial charge in [0.1, 0.15) is 18.4 Å². The number of carbonyl (C=O) groups excluding carboxylic acids is 2. The predicted molar refractivity (Wildman–Crippen MR) is 127 cm³/mol. The first-order valence-electron chi connectivity index (χ1n) is 11.5. The zero-order valence-electron chi connectivity index (χ0n) is 18.8. The molecule has 2 aliphatic heterocycles. The summed E-state index contributed by atoms with van der Waals surface area (Å²) in [6.07, 6.45) is 0.465. The van der Waals surface area contributed by atoms with Crippen molar-refractivity contribution < 1.29 is 14.0 Å². The van der Waals surface area contributed by atoms with Crippen LogP contribution >= 0.6 is 0 Å². The maximum Gasteiger partial charge on any atom is 0.246 e.